The van der Waals surface area contributed by atoms with Crippen LogP contribution in [0.1, 0.15) is 24.8 Å². The zero-order valence-corrected chi connectivity index (χ0v) is 10.8. The third-order valence-corrected chi connectivity index (χ3v) is 3.02. The topological polar surface area (TPSA) is 60.6 Å². The first kappa shape index (κ1) is 13.3. The van der Waals surface area contributed by atoms with Crippen molar-refractivity contribution >= 4 is 18.3 Å². The first-order chi connectivity index (χ1) is 9.40. The highest BCUT2D eigenvalue weighted by Gasteiger charge is 2.05. The molecule has 1 saturated heterocycles. The van der Waals surface area contributed by atoms with Gasteiger partial charge in [0.05, 0.1) is 6.21 Å². The van der Waals surface area contributed by atoms with Crippen LogP contribution in [0.5, 0.6) is 0 Å². The molecule has 1 N–H and O–H groups in total. The summed E-state index contributed by atoms with van der Waals surface area (Å²) < 4.78 is 0. The van der Waals surface area contributed by atoms with Gasteiger partial charge in [0.25, 0.3) is 0 Å². The fourth-order valence-corrected chi connectivity index (χ4v) is 2.02. The van der Waals surface area contributed by atoms with E-state index in [4.69, 9.17) is 5.21 Å². The molecule has 1 fully saturated rings. The number of rotatable bonds is 4. The van der Waals surface area contributed by atoms with Crippen molar-refractivity contribution < 1.29 is 5.21 Å². The van der Waals surface area contributed by atoms with Gasteiger partial charge in [-0.3, -0.25) is 0 Å². The lowest BCUT2D eigenvalue weighted by Crippen LogP contribution is -2.28. The van der Waals surface area contributed by atoms with Gasteiger partial charge in [0, 0.05) is 18.7 Å². The Kier molecular flexibility index (Phi) is 5.10. The minimum atomic E-state index is 0.538. The molecule has 1 aromatic rings. The second-order valence-corrected chi connectivity index (χ2v) is 4.42. The number of likely N-dealkylation sites (tertiary alicyclic amines) is 1. The molecule has 0 aliphatic carbocycles. The van der Waals surface area contributed by atoms with Gasteiger partial charge in [0.15, 0.2) is 0 Å². The number of nitrogens with zero attached hydrogens (tertiary/aromatic N) is 4. The molecule has 1 aromatic carbocycles. The van der Waals surface area contributed by atoms with E-state index < -0.39 is 0 Å². The quantitative estimate of drug-likeness (QED) is 0.390. The van der Waals surface area contributed by atoms with Crippen molar-refractivity contribution in [2.24, 2.45) is 15.4 Å². The van der Waals surface area contributed by atoms with E-state index in [2.05, 4.69) is 20.3 Å². The lowest BCUT2D eigenvalue weighted by molar-refractivity contribution is 0.322. The van der Waals surface area contributed by atoms with Crippen molar-refractivity contribution in [2.75, 3.05) is 13.1 Å². The summed E-state index contributed by atoms with van der Waals surface area (Å²) in [5.74, 6) is 0. The summed E-state index contributed by atoms with van der Waals surface area (Å²) in [6.45, 7) is 2.07. The molecule has 1 aliphatic heterocycles. The molecule has 0 saturated carbocycles. The first-order valence-electron chi connectivity index (χ1n) is 6.48. The van der Waals surface area contributed by atoms with Crippen LogP contribution in [0.2, 0.25) is 0 Å². The molecule has 100 valence electrons. The van der Waals surface area contributed by atoms with Crippen LogP contribution in [0, 0.1) is 0 Å². The Bertz CT molecular complexity index is 462. The average molecular weight is 258 g/mol. The van der Waals surface area contributed by atoms with Gasteiger partial charge < -0.3 is 10.1 Å². The van der Waals surface area contributed by atoms with Crippen LogP contribution < -0.4 is 0 Å². The molecule has 0 unspecified atom stereocenters. The van der Waals surface area contributed by atoms with Gasteiger partial charge in [0.2, 0.25) is 0 Å². The minimum Gasteiger partial charge on any atom is -0.411 e. The van der Waals surface area contributed by atoms with Gasteiger partial charge in [-0.1, -0.05) is 35.5 Å². The van der Waals surface area contributed by atoms with Crippen LogP contribution in [0.4, 0.5) is 0 Å². The van der Waals surface area contributed by atoms with Gasteiger partial charge in [-0.2, -0.15) is 0 Å². The fourth-order valence-electron chi connectivity index (χ4n) is 2.02. The summed E-state index contributed by atoms with van der Waals surface area (Å²) in [7, 11) is 0. The molecule has 5 heteroatoms. The highest BCUT2D eigenvalue weighted by atomic mass is 16.4. The van der Waals surface area contributed by atoms with Gasteiger partial charge in [-0.15, -0.1) is 10.2 Å². The van der Waals surface area contributed by atoms with Gasteiger partial charge in [-0.05, 0) is 19.3 Å². The zero-order chi connectivity index (χ0) is 13.3. The molecule has 5 nitrogen and oxygen atoms in total. The summed E-state index contributed by atoms with van der Waals surface area (Å²) in [6.07, 6.45) is 6.76. The summed E-state index contributed by atoms with van der Waals surface area (Å²) in [4.78, 5) is 2.16. The smallest absolute Gasteiger partial charge is 0.115 e. The second-order valence-electron chi connectivity index (χ2n) is 4.42. The molecule has 0 aromatic heterocycles. The lowest BCUT2D eigenvalue weighted by Gasteiger charge is -2.23. The zero-order valence-electron chi connectivity index (χ0n) is 10.8. The van der Waals surface area contributed by atoms with E-state index in [1.807, 2.05) is 30.3 Å². The number of hydrogen-bond donors (Lipinski definition) is 1. The molecule has 19 heavy (non-hydrogen) atoms. The average Bonchev–Trinajstić information content (AvgIpc) is 2.48. The van der Waals surface area contributed by atoms with E-state index in [0.29, 0.717) is 5.71 Å². The highest BCUT2D eigenvalue weighted by molar-refractivity contribution is 6.38. The number of benzene rings is 1. The Morgan fingerprint density at radius 3 is 2.53 bits per heavy atom. The van der Waals surface area contributed by atoms with Crippen molar-refractivity contribution in [2.45, 2.75) is 19.3 Å². The maximum absolute atomic E-state index is 8.67. The molecule has 0 radical (unpaired) electrons. The molecule has 0 atom stereocenters. The number of oxime groups is 1. The molecular weight excluding hydrogens is 240 g/mol. The van der Waals surface area contributed by atoms with Crippen LogP contribution in [-0.2, 0) is 0 Å². The van der Waals surface area contributed by atoms with Gasteiger partial charge in [-0.25, -0.2) is 0 Å². The van der Waals surface area contributed by atoms with Crippen LogP contribution in [0.3, 0.4) is 0 Å². The Balaban J connectivity index is 2.06. The molecule has 0 spiro atoms. The third-order valence-electron chi connectivity index (χ3n) is 3.02. The van der Waals surface area contributed by atoms with Gasteiger partial charge >= 0.3 is 0 Å². The summed E-state index contributed by atoms with van der Waals surface area (Å²) >= 11 is 0. The van der Waals surface area contributed by atoms with E-state index in [9.17, 15) is 0 Å². The Morgan fingerprint density at radius 1 is 1.11 bits per heavy atom. The number of hydrogen-bond acceptors (Lipinski definition) is 4. The third kappa shape index (κ3) is 4.21. The van der Waals surface area contributed by atoms with Gasteiger partial charge in [0.1, 0.15) is 12.1 Å². The highest BCUT2D eigenvalue weighted by Crippen LogP contribution is 2.06. The Hall–Kier alpha value is -2.17. The van der Waals surface area contributed by atoms with E-state index >= 15 is 0 Å². The van der Waals surface area contributed by atoms with Crippen molar-refractivity contribution in [1.82, 2.24) is 4.90 Å². The standard InChI is InChI=1S/C14H18N4O/c19-16-11-14(13-7-3-1-4-8-13)17-15-12-18-9-5-2-6-10-18/h1,3-4,7-8,11-12,19H,2,5-6,9-10H2/b15-12-,16-11+,17-14+. The molecule has 0 bridgehead atoms. The summed E-state index contributed by atoms with van der Waals surface area (Å²) in [6, 6.07) is 9.54. The first-order valence-corrected chi connectivity index (χ1v) is 6.48. The fraction of sp³-hybridized carbons (Fsp3) is 0.357. The van der Waals surface area contributed by atoms with Crippen molar-refractivity contribution in [3.8, 4) is 0 Å². The largest absolute Gasteiger partial charge is 0.411 e. The van der Waals surface area contributed by atoms with E-state index in [1.54, 1.807) is 6.34 Å². The monoisotopic (exact) mass is 258 g/mol. The summed E-state index contributed by atoms with van der Waals surface area (Å²) in [5, 5.41) is 19.9. The van der Waals surface area contributed by atoms with Crippen LogP contribution in [0.25, 0.3) is 0 Å². The minimum absolute atomic E-state index is 0.538. The van der Waals surface area contributed by atoms with Crippen LogP contribution in [0.15, 0.2) is 45.7 Å². The van der Waals surface area contributed by atoms with Crippen LogP contribution >= 0.6 is 0 Å². The molecule has 1 aliphatic rings. The maximum Gasteiger partial charge on any atom is 0.115 e. The SMILES string of the molecule is O/N=C/C(=N\N=C/N1CCCCC1)c1ccccc1. The molecule has 2 rings (SSSR count). The van der Waals surface area contributed by atoms with Crippen molar-refractivity contribution in [3.63, 3.8) is 0 Å². The Morgan fingerprint density at radius 2 is 1.84 bits per heavy atom. The number of piperidine rings is 1. The van der Waals surface area contributed by atoms with Crippen molar-refractivity contribution in [1.29, 1.82) is 0 Å². The predicted molar refractivity (Wildman–Crippen MR) is 77.2 cm³/mol. The maximum atomic E-state index is 8.67. The predicted octanol–water partition coefficient (Wildman–Crippen LogP) is 2.36. The van der Waals surface area contributed by atoms with E-state index in [-0.39, 0.29) is 0 Å². The normalized spacial score (nSPS) is 17.5. The lowest BCUT2D eigenvalue weighted by atomic mass is 10.1. The molecular formula is C14H18N4O. The van der Waals surface area contributed by atoms with E-state index in [0.717, 1.165) is 18.7 Å². The van der Waals surface area contributed by atoms with Crippen molar-refractivity contribution in [3.05, 3.63) is 35.9 Å². The Labute approximate surface area is 113 Å². The second kappa shape index (κ2) is 7.31. The summed E-state index contributed by atoms with van der Waals surface area (Å²) in [5.41, 5.74) is 1.41. The van der Waals surface area contributed by atoms with Crippen LogP contribution in [-0.4, -0.2) is 41.5 Å². The molecule has 0 amide bonds. The molecule has 1 heterocycles. The van der Waals surface area contributed by atoms with E-state index in [1.165, 1.54) is 25.5 Å².